The van der Waals surface area contributed by atoms with Gasteiger partial charge in [0.2, 0.25) is 0 Å². The maximum absolute atomic E-state index is 11.7. The van der Waals surface area contributed by atoms with Crippen molar-refractivity contribution in [2.75, 3.05) is 11.5 Å². The molecule has 5 nitrogen and oxygen atoms in total. The summed E-state index contributed by atoms with van der Waals surface area (Å²) in [6.07, 6.45) is 0. The van der Waals surface area contributed by atoms with Gasteiger partial charge in [-0.3, -0.25) is 0 Å². The second-order valence-corrected chi connectivity index (χ2v) is 5.43. The molecule has 0 spiro atoms. The van der Waals surface area contributed by atoms with E-state index in [1.54, 1.807) is 48.5 Å². The number of hydrogen-bond donors (Lipinski definition) is 4. The molecule has 24 heavy (non-hydrogen) atoms. The SMILES string of the molecule is Nc1ccc(-c2c(O)ccc(C(=O)O)c2-c2ccc(N)cc2)cc1. The van der Waals surface area contributed by atoms with Crippen LogP contribution in [0.4, 0.5) is 11.4 Å². The molecule has 6 N–H and O–H groups in total. The van der Waals surface area contributed by atoms with Gasteiger partial charge in [-0.05, 0) is 47.5 Å². The largest absolute Gasteiger partial charge is 0.507 e. The van der Waals surface area contributed by atoms with Crippen LogP contribution in [0.1, 0.15) is 10.4 Å². The summed E-state index contributed by atoms with van der Waals surface area (Å²) >= 11 is 0. The van der Waals surface area contributed by atoms with Crippen molar-refractivity contribution < 1.29 is 15.0 Å². The van der Waals surface area contributed by atoms with Crippen molar-refractivity contribution in [3.05, 3.63) is 66.2 Å². The van der Waals surface area contributed by atoms with Gasteiger partial charge in [-0.15, -0.1) is 0 Å². The fourth-order valence-electron chi connectivity index (χ4n) is 2.66. The third-order valence-corrected chi connectivity index (χ3v) is 3.81. The van der Waals surface area contributed by atoms with Crippen molar-refractivity contribution in [2.24, 2.45) is 0 Å². The Labute approximate surface area is 138 Å². The maximum Gasteiger partial charge on any atom is 0.336 e. The number of carbonyl (C=O) groups is 1. The lowest BCUT2D eigenvalue weighted by Crippen LogP contribution is -2.02. The Bertz CT molecular complexity index is 901. The van der Waals surface area contributed by atoms with Crippen LogP contribution in [0.25, 0.3) is 22.3 Å². The first kappa shape index (κ1) is 15.4. The highest BCUT2D eigenvalue weighted by Crippen LogP contribution is 2.41. The van der Waals surface area contributed by atoms with Gasteiger partial charge in [-0.1, -0.05) is 24.3 Å². The molecule has 5 heteroatoms. The molecule has 3 aromatic carbocycles. The predicted molar refractivity (Wildman–Crippen MR) is 94.8 cm³/mol. The number of carboxylic acid groups (broad SMARTS) is 1. The molecule has 0 heterocycles. The van der Waals surface area contributed by atoms with Gasteiger partial charge in [0.05, 0.1) is 5.56 Å². The molecule has 0 aliphatic heterocycles. The van der Waals surface area contributed by atoms with E-state index in [0.29, 0.717) is 33.6 Å². The molecule has 0 saturated heterocycles. The smallest absolute Gasteiger partial charge is 0.336 e. The minimum atomic E-state index is -1.07. The Morgan fingerprint density at radius 3 is 1.62 bits per heavy atom. The van der Waals surface area contributed by atoms with E-state index in [2.05, 4.69) is 0 Å². The maximum atomic E-state index is 11.7. The molecular formula is C19H16N2O3. The van der Waals surface area contributed by atoms with E-state index < -0.39 is 5.97 Å². The van der Waals surface area contributed by atoms with Gasteiger partial charge in [0.1, 0.15) is 5.75 Å². The Hall–Kier alpha value is -3.47. The second-order valence-electron chi connectivity index (χ2n) is 5.43. The van der Waals surface area contributed by atoms with Gasteiger partial charge in [-0.2, -0.15) is 0 Å². The van der Waals surface area contributed by atoms with E-state index in [4.69, 9.17) is 11.5 Å². The van der Waals surface area contributed by atoms with Gasteiger partial charge >= 0.3 is 5.97 Å². The van der Waals surface area contributed by atoms with Gasteiger partial charge in [0, 0.05) is 22.5 Å². The molecule has 0 aliphatic carbocycles. The van der Waals surface area contributed by atoms with Crippen LogP contribution in [0, 0.1) is 0 Å². The number of aromatic carboxylic acids is 1. The topological polar surface area (TPSA) is 110 Å². The lowest BCUT2D eigenvalue weighted by Gasteiger charge is -2.15. The molecular weight excluding hydrogens is 304 g/mol. The van der Waals surface area contributed by atoms with Gasteiger partial charge in [0.15, 0.2) is 0 Å². The van der Waals surface area contributed by atoms with Crippen LogP contribution in [-0.2, 0) is 0 Å². The Balaban J connectivity index is 2.35. The monoisotopic (exact) mass is 320 g/mol. The zero-order chi connectivity index (χ0) is 17.3. The normalized spacial score (nSPS) is 10.5. The van der Waals surface area contributed by atoms with Gasteiger partial charge < -0.3 is 21.7 Å². The number of nitrogen functional groups attached to an aromatic ring is 2. The average Bonchev–Trinajstić information content (AvgIpc) is 2.56. The zero-order valence-electron chi connectivity index (χ0n) is 12.7. The summed E-state index contributed by atoms with van der Waals surface area (Å²) in [6.45, 7) is 0. The van der Waals surface area contributed by atoms with Crippen LogP contribution in [0.15, 0.2) is 60.7 Å². The van der Waals surface area contributed by atoms with E-state index in [-0.39, 0.29) is 11.3 Å². The molecule has 0 unspecified atom stereocenters. The van der Waals surface area contributed by atoms with Crippen molar-refractivity contribution in [3.63, 3.8) is 0 Å². The van der Waals surface area contributed by atoms with E-state index in [0.717, 1.165) is 0 Å². The Morgan fingerprint density at radius 2 is 1.17 bits per heavy atom. The van der Waals surface area contributed by atoms with E-state index >= 15 is 0 Å². The summed E-state index contributed by atoms with van der Waals surface area (Å²) in [5, 5.41) is 19.9. The fourth-order valence-corrected chi connectivity index (χ4v) is 2.66. The molecule has 0 aromatic heterocycles. The first-order chi connectivity index (χ1) is 11.5. The number of phenols is 1. The molecule has 0 atom stereocenters. The number of nitrogens with two attached hydrogens (primary N) is 2. The lowest BCUT2D eigenvalue weighted by atomic mass is 9.89. The number of hydrogen-bond acceptors (Lipinski definition) is 4. The average molecular weight is 320 g/mol. The minimum absolute atomic E-state index is 0.00315. The number of benzene rings is 3. The molecule has 3 aromatic rings. The number of phenolic OH excluding ortho intramolecular Hbond substituents is 1. The third-order valence-electron chi connectivity index (χ3n) is 3.81. The number of carboxylic acids is 1. The molecule has 0 radical (unpaired) electrons. The van der Waals surface area contributed by atoms with Crippen LogP contribution >= 0.6 is 0 Å². The Kier molecular flexibility index (Phi) is 3.83. The van der Waals surface area contributed by atoms with E-state index in [9.17, 15) is 15.0 Å². The van der Waals surface area contributed by atoms with Crippen molar-refractivity contribution in [1.29, 1.82) is 0 Å². The van der Waals surface area contributed by atoms with Gasteiger partial charge in [0.25, 0.3) is 0 Å². The van der Waals surface area contributed by atoms with Gasteiger partial charge in [-0.25, -0.2) is 4.79 Å². The molecule has 3 rings (SSSR count). The lowest BCUT2D eigenvalue weighted by molar-refractivity contribution is 0.0698. The molecule has 0 bridgehead atoms. The molecule has 0 fully saturated rings. The van der Waals surface area contributed by atoms with Crippen molar-refractivity contribution in [3.8, 4) is 28.0 Å². The predicted octanol–water partition coefficient (Wildman–Crippen LogP) is 3.59. The summed E-state index contributed by atoms with van der Waals surface area (Å²) in [7, 11) is 0. The standard InChI is InChI=1S/C19H16N2O3/c20-13-5-1-11(2-6-13)17-15(19(23)24)9-10-16(22)18(17)12-3-7-14(21)8-4-12/h1-10,22H,20-21H2,(H,23,24). The summed E-state index contributed by atoms with van der Waals surface area (Å²) in [4.78, 5) is 11.7. The third kappa shape index (κ3) is 2.75. The second kappa shape index (κ2) is 5.96. The quantitative estimate of drug-likeness (QED) is 0.551. The summed E-state index contributed by atoms with van der Waals surface area (Å²) in [5.41, 5.74) is 14.9. The fraction of sp³-hybridized carbons (Fsp3) is 0. The van der Waals surface area contributed by atoms with E-state index in [1.807, 2.05) is 0 Å². The highest BCUT2D eigenvalue weighted by molar-refractivity contribution is 6.03. The minimum Gasteiger partial charge on any atom is -0.507 e. The highest BCUT2D eigenvalue weighted by Gasteiger charge is 2.20. The molecule has 0 amide bonds. The van der Waals surface area contributed by atoms with Crippen LogP contribution in [-0.4, -0.2) is 16.2 Å². The van der Waals surface area contributed by atoms with E-state index in [1.165, 1.54) is 12.1 Å². The first-order valence-corrected chi connectivity index (χ1v) is 7.28. The van der Waals surface area contributed by atoms with Crippen LogP contribution < -0.4 is 11.5 Å². The highest BCUT2D eigenvalue weighted by atomic mass is 16.4. The molecule has 0 aliphatic rings. The summed E-state index contributed by atoms with van der Waals surface area (Å²) in [6, 6.07) is 16.5. The number of anilines is 2. The summed E-state index contributed by atoms with van der Waals surface area (Å²) in [5.74, 6) is -1.07. The van der Waals surface area contributed by atoms with Crippen molar-refractivity contribution >= 4 is 17.3 Å². The van der Waals surface area contributed by atoms with Crippen LogP contribution in [0.5, 0.6) is 5.75 Å². The van der Waals surface area contributed by atoms with Crippen molar-refractivity contribution in [2.45, 2.75) is 0 Å². The first-order valence-electron chi connectivity index (χ1n) is 7.28. The molecule has 0 saturated carbocycles. The van der Waals surface area contributed by atoms with Crippen LogP contribution in [0.3, 0.4) is 0 Å². The van der Waals surface area contributed by atoms with Crippen LogP contribution in [0.2, 0.25) is 0 Å². The van der Waals surface area contributed by atoms with Crippen molar-refractivity contribution in [1.82, 2.24) is 0 Å². The number of rotatable bonds is 3. The molecule has 120 valence electrons. The number of aromatic hydroxyl groups is 1. The zero-order valence-corrected chi connectivity index (χ0v) is 12.7. The summed E-state index contributed by atoms with van der Waals surface area (Å²) < 4.78 is 0. The Morgan fingerprint density at radius 1 is 0.708 bits per heavy atom.